The number of hydrogen-bond acceptors (Lipinski definition) is 3. The number of piperidine rings is 1. The highest BCUT2D eigenvalue weighted by Gasteiger charge is 2.26. The molecular formula is C24H25F2NO3. The van der Waals surface area contributed by atoms with Crippen LogP contribution < -0.4 is 14.8 Å². The van der Waals surface area contributed by atoms with Crippen molar-refractivity contribution in [2.24, 2.45) is 0 Å². The molecule has 2 fully saturated rings. The van der Waals surface area contributed by atoms with Gasteiger partial charge in [0.25, 0.3) is 0 Å². The van der Waals surface area contributed by atoms with Gasteiger partial charge in [-0.15, -0.1) is 0 Å². The molecule has 1 saturated carbocycles. The van der Waals surface area contributed by atoms with Crippen LogP contribution in [0.2, 0.25) is 0 Å². The third-order valence-corrected chi connectivity index (χ3v) is 5.83. The Balaban J connectivity index is 1.58. The van der Waals surface area contributed by atoms with Gasteiger partial charge >= 0.3 is 0 Å². The van der Waals surface area contributed by atoms with Crippen molar-refractivity contribution in [3.63, 3.8) is 0 Å². The predicted octanol–water partition coefficient (Wildman–Crippen LogP) is 4.98. The summed E-state index contributed by atoms with van der Waals surface area (Å²) in [6.07, 6.45) is 6.48. The number of amides is 1. The average molecular weight is 413 g/mol. The molecule has 6 heteroatoms. The highest BCUT2D eigenvalue weighted by molar-refractivity contribution is 5.98. The minimum Gasteiger partial charge on any atom is -0.493 e. The van der Waals surface area contributed by atoms with Crippen LogP contribution in [0.4, 0.5) is 8.78 Å². The van der Waals surface area contributed by atoms with Crippen molar-refractivity contribution >= 4 is 12.0 Å². The summed E-state index contributed by atoms with van der Waals surface area (Å²) in [5.74, 6) is -0.741. The Hall–Kier alpha value is -2.89. The molecule has 1 aliphatic carbocycles. The summed E-state index contributed by atoms with van der Waals surface area (Å²) < 4.78 is 39.2. The van der Waals surface area contributed by atoms with Crippen molar-refractivity contribution in [3.05, 3.63) is 64.7 Å². The van der Waals surface area contributed by atoms with E-state index < -0.39 is 11.6 Å². The third-order valence-electron chi connectivity index (χ3n) is 5.83. The van der Waals surface area contributed by atoms with Gasteiger partial charge in [-0.25, -0.2) is 8.78 Å². The smallest absolute Gasteiger partial charge is 0.247 e. The molecule has 30 heavy (non-hydrogen) atoms. The summed E-state index contributed by atoms with van der Waals surface area (Å²) in [7, 11) is 1.62. The summed E-state index contributed by atoms with van der Waals surface area (Å²) >= 11 is 0. The summed E-state index contributed by atoms with van der Waals surface area (Å²) in [4.78, 5) is 12.3. The molecule has 2 aromatic rings. The number of methoxy groups -OCH3 is 1. The van der Waals surface area contributed by atoms with E-state index in [4.69, 9.17) is 9.47 Å². The van der Waals surface area contributed by atoms with Crippen molar-refractivity contribution in [1.82, 2.24) is 5.32 Å². The molecule has 4 nitrogen and oxygen atoms in total. The summed E-state index contributed by atoms with van der Waals surface area (Å²) in [6.45, 7) is 0.469. The molecule has 1 aliphatic heterocycles. The molecular weight excluding hydrogens is 388 g/mol. The maximum absolute atomic E-state index is 14.1. The zero-order chi connectivity index (χ0) is 21.1. The zero-order valence-corrected chi connectivity index (χ0v) is 16.9. The monoisotopic (exact) mass is 413 g/mol. The largest absolute Gasteiger partial charge is 0.493 e. The topological polar surface area (TPSA) is 47.6 Å². The van der Waals surface area contributed by atoms with Crippen LogP contribution in [0.25, 0.3) is 6.08 Å². The van der Waals surface area contributed by atoms with Crippen LogP contribution in [0.1, 0.15) is 49.1 Å². The fourth-order valence-corrected chi connectivity index (χ4v) is 4.16. The first kappa shape index (κ1) is 20.4. The molecule has 1 saturated heterocycles. The predicted molar refractivity (Wildman–Crippen MR) is 111 cm³/mol. The van der Waals surface area contributed by atoms with E-state index >= 15 is 0 Å². The molecule has 0 aromatic heterocycles. The first-order valence-electron chi connectivity index (χ1n) is 10.3. The second-order valence-electron chi connectivity index (χ2n) is 7.86. The SMILES string of the molecule is COc1ccc(C2CNC(=O)C(=Cc3cccc(F)c3F)C2)cc1OC1CCCC1. The van der Waals surface area contributed by atoms with Gasteiger partial charge in [-0.1, -0.05) is 18.2 Å². The highest BCUT2D eigenvalue weighted by Crippen LogP contribution is 2.36. The van der Waals surface area contributed by atoms with Crippen LogP contribution in [0, 0.1) is 11.6 Å². The fraction of sp³-hybridized carbons (Fsp3) is 0.375. The minimum absolute atomic E-state index is 0.00223. The van der Waals surface area contributed by atoms with Gasteiger partial charge in [0.05, 0.1) is 13.2 Å². The van der Waals surface area contributed by atoms with Crippen LogP contribution in [-0.2, 0) is 4.79 Å². The lowest BCUT2D eigenvalue weighted by atomic mass is 9.87. The van der Waals surface area contributed by atoms with E-state index in [1.807, 2.05) is 18.2 Å². The van der Waals surface area contributed by atoms with Gasteiger partial charge in [-0.2, -0.15) is 0 Å². The molecule has 0 spiro atoms. The third kappa shape index (κ3) is 4.32. The van der Waals surface area contributed by atoms with Gasteiger partial charge in [-0.05, 0) is 61.9 Å². The van der Waals surface area contributed by atoms with Gasteiger partial charge in [-0.3, -0.25) is 4.79 Å². The van der Waals surface area contributed by atoms with Gasteiger partial charge in [0.15, 0.2) is 23.1 Å². The van der Waals surface area contributed by atoms with Crippen LogP contribution in [0.5, 0.6) is 11.5 Å². The Morgan fingerprint density at radius 1 is 1.10 bits per heavy atom. The van der Waals surface area contributed by atoms with E-state index in [9.17, 15) is 13.6 Å². The van der Waals surface area contributed by atoms with E-state index in [0.29, 0.717) is 30.0 Å². The maximum atomic E-state index is 14.1. The van der Waals surface area contributed by atoms with Crippen molar-refractivity contribution in [3.8, 4) is 11.5 Å². The number of carbonyl (C=O) groups is 1. The van der Waals surface area contributed by atoms with Gasteiger partial charge < -0.3 is 14.8 Å². The minimum atomic E-state index is -0.948. The molecule has 0 bridgehead atoms. The first-order valence-corrected chi connectivity index (χ1v) is 10.3. The lowest BCUT2D eigenvalue weighted by Crippen LogP contribution is -2.35. The normalized spacial score (nSPS) is 21.0. The Labute approximate surface area is 174 Å². The summed E-state index contributed by atoms with van der Waals surface area (Å²) in [5, 5.41) is 2.86. The number of carbonyl (C=O) groups excluding carboxylic acids is 1. The maximum Gasteiger partial charge on any atom is 0.247 e. The standard InChI is InChI=1S/C24H25F2NO3/c1-29-21-10-9-15(13-22(21)30-19-6-2-3-7-19)18-12-17(24(28)27-14-18)11-16-5-4-8-20(25)23(16)26/h4-5,8-11,13,18-19H,2-3,6-7,12,14H2,1H3,(H,27,28). The number of nitrogens with one attached hydrogen (secondary N) is 1. The van der Waals surface area contributed by atoms with Crippen LogP contribution >= 0.6 is 0 Å². The molecule has 1 heterocycles. The van der Waals surface area contributed by atoms with E-state index in [1.54, 1.807) is 7.11 Å². The van der Waals surface area contributed by atoms with E-state index in [1.165, 1.54) is 31.1 Å². The zero-order valence-electron chi connectivity index (χ0n) is 16.9. The van der Waals surface area contributed by atoms with Gasteiger partial charge in [0, 0.05) is 23.6 Å². The number of hydrogen-bond donors (Lipinski definition) is 1. The Morgan fingerprint density at radius 2 is 1.90 bits per heavy atom. The molecule has 158 valence electrons. The Bertz CT molecular complexity index is 967. The molecule has 1 amide bonds. The quantitative estimate of drug-likeness (QED) is 0.703. The van der Waals surface area contributed by atoms with E-state index in [-0.39, 0.29) is 23.5 Å². The van der Waals surface area contributed by atoms with Crippen molar-refractivity contribution in [2.75, 3.05) is 13.7 Å². The second-order valence-corrected chi connectivity index (χ2v) is 7.86. The van der Waals surface area contributed by atoms with Crippen molar-refractivity contribution in [1.29, 1.82) is 0 Å². The van der Waals surface area contributed by atoms with Crippen LogP contribution in [0.3, 0.4) is 0 Å². The van der Waals surface area contributed by atoms with Gasteiger partial charge in [0.2, 0.25) is 5.91 Å². The van der Waals surface area contributed by atoms with E-state index in [2.05, 4.69) is 5.32 Å². The average Bonchev–Trinajstić information content (AvgIpc) is 3.26. The lowest BCUT2D eigenvalue weighted by molar-refractivity contribution is -0.118. The van der Waals surface area contributed by atoms with Crippen molar-refractivity contribution in [2.45, 2.75) is 44.1 Å². The van der Waals surface area contributed by atoms with Crippen molar-refractivity contribution < 1.29 is 23.0 Å². The fourth-order valence-electron chi connectivity index (χ4n) is 4.16. The number of halogens is 2. The summed E-state index contributed by atoms with van der Waals surface area (Å²) in [6, 6.07) is 9.76. The van der Waals surface area contributed by atoms with Crippen LogP contribution in [0.15, 0.2) is 42.0 Å². The molecule has 1 unspecified atom stereocenters. The molecule has 0 radical (unpaired) electrons. The second kappa shape index (κ2) is 8.86. The molecule has 2 aliphatic rings. The molecule has 4 rings (SSSR count). The Morgan fingerprint density at radius 3 is 2.67 bits per heavy atom. The van der Waals surface area contributed by atoms with E-state index in [0.717, 1.165) is 24.5 Å². The number of benzene rings is 2. The summed E-state index contributed by atoms with van der Waals surface area (Å²) in [5.41, 5.74) is 1.50. The molecule has 1 N–H and O–H groups in total. The first-order chi connectivity index (χ1) is 14.5. The number of ether oxygens (including phenoxy) is 2. The number of rotatable bonds is 5. The molecule has 2 aromatic carbocycles. The lowest BCUT2D eigenvalue weighted by Gasteiger charge is -2.26. The van der Waals surface area contributed by atoms with Gasteiger partial charge in [0.1, 0.15) is 0 Å². The Kier molecular flexibility index (Phi) is 6.02. The van der Waals surface area contributed by atoms with Crippen LogP contribution in [-0.4, -0.2) is 25.7 Å². The highest BCUT2D eigenvalue weighted by atomic mass is 19.2. The molecule has 1 atom stereocenters.